The van der Waals surface area contributed by atoms with Crippen molar-refractivity contribution in [3.05, 3.63) is 63.6 Å². The first-order chi connectivity index (χ1) is 9.49. The standard InChI is InChI=1S/C16H15Cl3O/c1-10(2)20-12-8-6-11(7-9-12)15(18)13-4-3-5-14(17)16(13)19/h3-10,15H,1-2H3. The van der Waals surface area contributed by atoms with Gasteiger partial charge in [0.2, 0.25) is 0 Å². The van der Waals surface area contributed by atoms with Gasteiger partial charge in [0.15, 0.2) is 0 Å². The van der Waals surface area contributed by atoms with Crippen molar-refractivity contribution >= 4 is 34.8 Å². The van der Waals surface area contributed by atoms with Gasteiger partial charge in [0.1, 0.15) is 5.75 Å². The first-order valence-corrected chi connectivity index (χ1v) is 7.53. The lowest BCUT2D eigenvalue weighted by Gasteiger charge is -2.14. The maximum absolute atomic E-state index is 6.48. The number of rotatable bonds is 4. The van der Waals surface area contributed by atoms with Crippen LogP contribution in [0, 0.1) is 0 Å². The second kappa shape index (κ2) is 6.71. The molecule has 0 fully saturated rings. The fourth-order valence-electron chi connectivity index (χ4n) is 1.88. The normalized spacial score (nSPS) is 12.5. The summed E-state index contributed by atoms with van der Waals surface area (Å²) in [7, 11) is 0. The maximum atomic E-state index is 6.48. The molecule has 2 aromatic carbocycles. The van der Waals surface area contributed by atoms with Crippen LogP contribution in [0.3, 0.4) is 0 Å². The Kier molecular flexibility index (Phi) is 5.20. The van der Waals surface area contributed by atoms with E-state index in [1.54, 1.807) is 6.07 Å². The van der Waals surface area contributed by atoms with Gasteiger partial charge in [-0.05, 0) is 43.2 Å². The molecule has 0 aromatic heterocycles. The van der Waals surface area contributed by atoms with Gasteiger partial charge in [0.25, 0.3) is 0 Å². The Bertz CT molecular complexity index is 579. The van der Waals surface area contributed by atoms with Crippen molar-refractivity contribution in [1.82, 2.24) is 0 Å². The monoisotopic (exact) mass is 328 g/mol. The third-order valence-electron chi connectivity index (χ3n) is 2.80. The number of halogens is 3. The highest BCUT2D eigenvalue weighted by molar-refractivity contribution is 6.43. The summed E-state index contributed by atoms with van der Waals surface area (Å²) in [5, 5.41) is 0.667. The number of alkyl halides is 1. The van der Waals surface area contributed by atoms with Crippen molar-refractivity contribution in [3.8, 4) is 5.75 Å². The molecule has 0 N–H and O–H groups in total. The first-order valence-electron chi connectivity index (χ1n) is 6.33. The second-order valence-electron chi connectivity index (χ2n) is 4.74. The van der Waals surface area contributed by atoms with Crippen molar-refractivity contribution in [2.75, 3.05) is 0 Å². The summed E-state index contributed by atoms with van der Waals surface area (Å²) in [6, 6.07) is 13.2. The molecule has 0 saturated heterocycles. The molecular weight excluding hydrogens is 315 g/mol. The number of ether oxygens (including phenoxy) is 1. The molecular formula is C16H15Cl3O. The molecule has 0 aliphatic carbocycles. The zero-order valence-electron chi connectivity index (χ0n) is 11.2. The lowest BCUT2D eigenvalue weighted by molar-refractivity contribution is 0.242. The molecule has 20 heavy (non-hydrogen) atoms. The quantitative estimate of drug-likeness (QED) is 0.615. The van der Waals surface area contributed by atoms with Crippen LogP contribution in [0.2, 0.25) is 10.0 Å². The van der Waals surface area contributed by atoms with Crippen LogP contribution in [-0.2, 0) is 0 Å². The van der Waals surface area contributed by atoms with Crippen molar-refractivity contribution < 1.29 is 4.74 Å². The Morgan fingerprint density at radius 3 is 2.20 bits per heavy atom. The van der Waals surface area contributed by atoms with Gasteiger partial charge in [-0.1, -0.05) is 47.5 Å². The Labute approximate surface area is 134 Å². The number of hydrogen-bond donors (Lipinski definition) is 0. The smallest absolute Gasteiger partial charge is 0.119 e. The van der Waals surface area contributed by atoms with Gasteiger partial charge in [-0.15, -0.1) is 11.6 Å². The van der Waals surface area contributed by atoms with E-state index in [4.69, 9.17) is 39.5 Å². The summed E-state index contributed by atoms with van der Waals surface area (Å²) in [5.41, 5.74) is 1.75. The van der Waals surface area contributed by atoms with Crippen LogP contribution in [0.15, 0.2) is 42.5 Å². The third-order valence-corrected chi connectivity index (χ3v) is 4.12. The van der Waals surface area contributed by atoms with Crippen molar-refractivity contribution in [2.45, 2.75) is 25.3 Å². The van der Waals surface area contributed by atoms with E-state index >= 15 is 0 Å². The minimum atomic E-state index is -0.339. The summed E-state index contributed by atoms with van der Waals surface area (Å²) >= 11 is 18.7. The fraction of sp³-hybridized carbons (Fsp3) is 0.250. The van der Waals surface area contributed by atoms with Crippen LogP contribution in [-0.4, -0.2) is 6.10 Å². The molecule has 2 aromatic rings. The van der Waals surface area contributed by atoms with E-state index in [2.05, 4.69) is 0 Å². The van der Waals surface area contributed by atoms with E-state index in [1.165, 1.54) is 0 Å². The maximum Gasteiger partial charge on any atom is 0.119 e. The minimum Gasteiger partial charge on any atom is -0.491 e. The predicted octanol–water partition coefficient (Wildman–Crippen LogP) is 6.11. The molecule has 0 saturated carbocycles. The van der Waals surface area contributed by atoms with E-state index < -0.39 is 0 Å². The highest BCUT2D eigenvalue weighted by Gasteiger charge is 2.16. The highest BCUT2D eigenvalue weighted by Crippen LogP contribution is 2.37. The molecule has 0 amide bonds. The highest BCUT2D eigenvalue weighted by atomic mass is 35.5. The van der Waals surface area contributed by atoms with E-state index in [0.717, 1.165) is 16.9 Å². The molecule has 106 valence electrons. The van der Waals surface area contributed by atoms with Crippen molar-refractivity contribution in [3.63, 3.8) is 0 Å². The van der Waals surface area contributed by atoms with Crippen LogP contribution in [0.4, 0.5) is 0 Å². The summed E-state index contributed by atoms with van der Waals surface area (Å²) in [4.78, 5) is 0. The van der Waals surface area contributed by atoms with Gasteiger partial charge >= 0.3 is 0 Å². The lowest BCUT2D eigenvalue weighted by Crippen LogP contribution is -2.05. The molecule has 0 heterocycles. The van der Waals surface area contributed by atoms with E-state index in [1.807, 2.05) is 50.2 Å². The lowest BCUT2D eigenvalue weighted by atomic mass is 10.0. The third kappa shape index (κ3) is 3.60. The molecule has 0 bridgehead atoms. The van der Waals surface area contributed by atoms with Crippen molar-refractivity contribution in [1.29, 1.82) is 0 Å². The average Bonchev–Trinajstić information content (AvgIpc) is 2.41. The molecule has 0 aliphatic heterocycles. The average molecular weight is 330 g/mol. The zero-order valence-corrected chi connectivity index (χ0v) is 13.5. The van der Waals surface area contributed by atoms with Crippen molar-refractivity contribution in [2.24, 2.45) is 0 Å². The second-order valence-corrected chi connectivity index (χ2v) is 5.96. The van der Waals surface area contributed by atoms with Crippen LogP contribution in [0.25, 0.3) is 0 Å². The van der Waals surface area contributed by atoms with Gasteiger partial charge in [-0.25, -0.2) is 0 Å². The Hall–Kier alpha value is -0.890. The van der Waals surface area contributed by atoms with Gasteiger partial charge in [-0.2, -0.15) is 0 Å². The molecule has 4 heteroatoms. The molecule has 0 spiro atoms. The Morgan fingerprint density at radius 1 is 0.950 bits per heavy atom. The minimum absolute atomic E-state index is 0.148. The largest absolute Gasteiger partial charge is 0.491 e. The molecule has 1 unspecified atom stereocenters. The predicted molar refractivity (Wildman–Crippen MR) is 86.4 cm³/mol. The van der Waals surface area contributed by atoms with E-state index in [9.17, 15) is 0 Å². The van der Waals surface area contributed by atoms with E-state index in [-0.39, 0.29) is 11.5 Å². The van der Waals surface area contributed by atoms with Gasteiger partial charge < -0.3 is 4.74 Å². The van der Waals surface area contributed by atoms with Crippen LogP contribution in [0.5, 0.6) is 5.75 Å². The number of hydrogen-bond acceptors (Lipinski definition) is 1. The molecule has 2 rings (SSSR count). The van der Waals surface area contributed by atoms with Gasteiger partial charge in [0.05, 0.1) is 21.5 Å². The Morgan fingerprint density at radius 2 is 1.60 bits per heavy atom. The molecule has 0 radical (unpaired) electrons. The summed E-state index contributed by atoms with van der Waals surface area (Å²) in [6.07, 6.45) is 0.148. The summed E-state index contributed by atoms with van der Waals surface area (Å²) in [6.45, 7) is 3.98. The summed E-state index contributed by atoms with van der Waals surface area (Å²) < 4.78 is 5.61. The van der Waals surface area contributed by atoms with Gasteiger partial charge in [-0.3, -0.25) is 0 Å². The summed E-state index contributed by atoms with van der Waals surface area (Å²) in [5.74, 6) is 0.824. The first kappa shape index (κ1) is 15.5. The topological polar surface area (TPSA) is 9.23 Å². The Balaban J connectivity index is 2.25. The van der Waals surface area contributed by atoms with E-state index in [0.29, 0.717) is 10.0 Å². The van der Waals surface area contributed by atoms with Crippen LogP contribution < -0.4 is 4.74 Å². The molecule has 1 nitrogen and oxygen atoms in total. The molecule has 0 aliphatic rings. The molecule has 1 atom stereocenters. The van der Waals surface area contributed by atoms with Gasteiger partial charge in [0, 0.05) is 0 Å². The SMILES string of the molecule is CC(C)Oc1ccc(C(Cl)c2cccc(Cl)c2Cl)cc1. The van der Waals surface area contributed by atoms with Crippen LogP contribution >= 0.6 is 34.8 Å². The number of benzene rings is 2. The van der Waals surface area contributed by atoms with Crippen LogP contribution in [0.1, 0.15) is 30.4 Å². The zero-order chi connectivity index (χ0) is 14.7. The fourth-order valence-corrected chi connectivity index (χ4v) is 2.68.